The van der Waals surface area contributed by atoms with Gasteiger partial charge in [0.15, 0.2) is 5.65 Å². The van der Waals surface area contributed by atoms with E-state index in [1.807, 2.05) is 48.7 Å². The number of aromatic amines is 2. The largest absolute Gasteiger partial charge is 0.338 e. The quantitative estimate of drug-likeness (QED) is 0.376. The van der Waals surface area contributed by atoms with E-state index in [2.05, 4.69) is 58.2 Å². The highest BCUT2D eigenvalue weighted by Crippen LogP contribution is 2.32. The van der Waals surface area contributed by atoms with Gasteiger partial charge in [0.05, 0.1) is 29.1 Å². The molecule has 178 valence electrons. The zero-order valence-corrected chi connectivity index (χ0v) is 19.9. The maximum atomic E-state index is 4.64. The van der Waals surface area contributed by atoms with Crippen molar-refractivity contribution in [3.63, 3.8) is 0 Å². The molecule has 0 bridgehead atoms. The summed E-state index contributed by atoms with van der Waals surface area (Å²) in [6.07, 6.45) is 13.9. The van der Waals surface area contributed by atoms with Gasteiger partial charge in [-0.3, -0.25) is 15.0 Å². The van der Waals surface area contributed by atoms with Crippen LogP contribution in [0.5, 0.6) is 0 Å². The molecule has 1 saturated heterocycles. The van der Waals surface area contributed by atoms with Crippen molar-refractivity contribution >= 4 is 22.1 Å². The summed E-state index contributed by atoms with van der Waals surface area (Å²) >= 11 is 0. The third-order valence-electron chi connectivity index (χ3n) is 6.91. The summed E-state index contributed by atoms with van der Waals surface area (Å²) in [7, 11) is 0. The van der Waals surface area contributed by atoms with Crippen LogP contribution in [0.2, 0.25) is 0 Å². The SMILES string of the molecule is Cc1cn(-c2ccnc3[nH]c(-c4[nH]nc5ncc(-c6cncc(CN7CCCC7)c6)cc45)cc23)cn1. The van der Waals surface area contributed by atoms with Crippen molar-refractivity contribution in [2.75, 3.05) is 13.1 Å². The molecule has 7 heterocycles. The maximum absolute atomic E-state index is 4.64. The number of pyridine rings is 3. The molecule has 0 spiro atoms. The smallest absolute Gasteiger partial charge is 0.181 e. The van der Waals surface area contributed by atoms with Gasteiger partial charge >= 0.3 is 0 Å². The van der Waals surface area contributed by atoms with Gasteiger partial charge in [-0.2, -0.15) is 5.10 Å². The molecule has 1 aliphatic rings. The standard InChI is InChI=1S/C27H25N9/c1-17-14-36(16-31-17)24-4-5-29-26-21(24)10-23(32-26)25-22-9-20(13-30-27(22)34-33-25)19-8-18(11-28-12-19)15-35-6-2-3-7-35/h4-5,8-14,16H,2-3,6-7,15H2,1H3,(H,29,32)(H,30,33,34). The second-order valence-electron chi connectivity index (χ2n) is 9.46. The molecule has 0 amide bonds. The van der Waals surface area contributed by atoms with Crippen molar-refractivity contribution in [3.8, 4) is 28.2 Å². The van der Waals surface area contributed by atoms with Crippen LogP contribution in [0.1, 0.15) is 24.1 Å². The van der Waals surface area contributed by atoms with Gasteiger partial charge in [0, 0.05) is 59.4 Å². The normalized spacial score (nSPS) is 14.4. The number of nitrogens with one attached hydrogen (secondary N) is 2. The molecule has 0 aliphatic carbocycles. The molecule has 7 rings (SSSR count). The fraction of sp³-hybridized carbons (Fsp3) is 0.222. The number of nitrogens with zero attached hydrogens (tertiary/aromatic N) is 7. The molecule has 0 saturated carbocycles. The lowest BCUT2D eigenvalue weighted by Crippen LogP contribution is -2.18. The lowest BCUT2D eigenvalue weighted by molar-refractivity contribution is 0.331. The molecule has 9 nitrogen and oxygen atoms in total. The summed E-state index contributed by atoms with van der Waals surface area (Å²) in [5.74, 6) is 0. The van der Waals surface area contributed by atoms with Crippen molar-refractivity contribution < 1.29 is 0 Å². The lowest BCUT2D eigenvalue weighted by Gasteiger charge is -2.14. The average Bonchev–Trinajstić information content (AvgIpc) is 3.70. The van der Waals surface area contributed by atoms with Gasteiger partial charge in [-0.25, -0.2) is 15.0 Å². The molecule has 36 heavy (non-hydrogen) atoms. The number of fused-ring (bicyclic) bond motifs is 2. The highest BCUT2D eigenvalue weighted by molar-refractivity contribution is 5.97. The van der Waals surface area contributed by atoms with Crippen LogP contribution in [0.25, 0.3) is 50.3 Å². The van der Waals surface area contributed by atoms with E-state index in [9.17, 15) is 0 Å². The molecule has 0 radical (unpaired) electrons. The number of hydrogen-bond donors (Lipinski definition) is 2. The van der Waals surface area contributed by atoms with E-state index < -0.39 is 0 Å². The number of likely N-dealkylation sites (tertiary alicyclic amines) is 1. The van der Waals surface area contributed by atoms with E-state index in [0.717, 1.165) is 69.9 Å². The Hall–Kier alpha value is -4.37. The molecule has 6 aromatic rings. The van der Waals surface area contributed by atoms with Crippen LogP contribution >= 0.6 is 0 Å². The van der Waals surface area contributed by atoms with Crippen LogP contribution in [0.3, 0.4) is 0 Å². The summed E-state index contributed by atoms with van der Waals surface area (Å²) < 4.78 is 2.02. The first kappa shape index (κ1) is 21.0. The van der Waals surface area contributed by atoms with Crippen LogP contribution in [0.4, 0.5) is 0 Å². The van der Waals surface area contributed by atoms with Gasteiger partial charge < -0.3 is 9.55 Å². The van der Waals surface area contributed by atoms with E-state index in [0.29, 0.717) is 5.65 Å². The summed E-state index contributed by atoms with van der Waals surface area (Å²) in [6.45, 7) is 5.25. The lowest BCUT2D eigenvalue weighted by atomic mass is 10.1. The highest BCUT2D eigenvalue weighted by Gasteiger charge is 2.16. The van der Waals surface area contributed by atoms with Crippen LogP contribution in [-0.4, -0.2) is 57.7 Å². The van der Waals surface area contributed by atoms with Gasteiger partial charge in [-0.15, -0.1) is 0 Å². The zero-order valence-electron chi connectivity index (χ0n) is 19.9. The summed E-state index contributed by atoms with van der Waals surface area (Å²) in [4.78, 5) is 24.0. The number of aryl methyl sites for hydroxylation is 1. The van der Waals surface area contributed by atoms with Crippen LogP contribution in [-0.2, 0) is 6.54 Å². The van der Waals surface area contributed by atoms with Crippen LogP contribution < -0.4 is 0 Å². The minimum Gasteiger partial charge on any atom is -0.338 e. The van der Waals surface area contributed by atoms with E-state index in [1.54, 1.807) is 6.20 Å². The van der Waals surface area contributed by atoms with Crippen molar-refractivity contribution in [3.05, 3.63) is 72.8 Å². The zero-order chi connectivity index (χ0) is 24.1. The second kappa shape index (κ2) is 8.39. The molecule has 9 heteroatoms. The Balaban J connectivity index is 1.28. The first-order valence-electron chi connectivity index (χ1n) is 12.2. The van der Waals surface area contributed by atoms with E-state index in [-0.39, 0.29) is 0 Å². The number of hydrogen-bond acceptors (Lipinski definition) is 6. The summed E-state index contributed by atoms with van der Waals surface area (Å²) in [6, 6.07) is 8.45. The predicted molar refractivity (Wildman–Crippen MR) is 139 cm³/mol. The summed E-state index contributed by atoms with van der Waals surface area (Å²) in [5, 5.41) is 9.59. The second-order valence-corrected chi connectivity index (χ2v) is 9.46. The van der Waals surface area contributed by atoms with Gasteiger partial charge in [-0.05, 0) is 62.7 Å². The Kier molecular flexibility index (Phi) is 4.88. The fourth-order valence-corrected chi connectivity index (χ4v) is 5.12. The topological polar surface area (TPSA) is 104 Å². The Bertz CT molecular complexity index is 1700. The van der Waals surface area contributed by atoms with Gasteiger partial charge in [0.25, 0.3) is 0 Å². The average molecular weight is 476 g/mol. The van der Waals surface area contributed by atoms with Crippen LogP contribution in [0.15, 0.2) is 61.6 Å². The minimum atomic E-state index is 0.673. The maximum Gasteiger partial charge on any atom is 0.181 e. The molecule has 6 aromatic heterocycles. The third-order valence-corrected chi connectivity index (χ3v) is 6.91. The number of aromatic nitrogens is 8. The Labute approximate surface area is 207 Å². The predicted octanol–water partition coefficient (Wildman–Crippen LogP) is 4.65. The monoisotopic (exact) mass is 475 g/mol. The van der Waals surface area contributed by atoms with Crippen molar-refractivity contribution in [2.24, 2.45) is 0 Å². The Morgan fingerprint density at radius 1 is 0.944 bits per heavy atom. The van der Waals surface area contributed by atoms with Crippen molar-refractivity contribution in [1.29, 1.82) is 0 Å². The van der Waals surface area contributed by atoms with Crippen molar-refractivity contribution in [1.82, 2.24) is 44.6 Å². The highest BCUT2D eigenvalue weighted by atomic mass is 15.2. The van der Waals surface area contributed by atoms with Crippen LogP contribution in [0, 0.1) is 6.92 Å². The molecule has 0 atom stereocenters. The summed E-state index contributed by atoms with van der Waals surface area (Å²) in [5.41, 5.74) is 8.56. The number of rotatable bonds is 5. The first-order chi connectivity index (χ1) is 17.7. The molecule has 0 unspecified atom stereocenters. The number of H-pyrrole nitrogens is 2. The molecule has 2 N–H and O–H groups in total. The molecular formula is C27H25N9. The third kappa shape index (κ3) is 3.64. The van der Waals surface area contributed by atoms with Gasteiger partial charge in [0.2, 0.25) is 0 Å². The molecule has 0 aromatic carbocycles. The van der Waals surface area contributed by atoms with Gasteiger partial charge in [0.1, 0.15) is 5.65 Å². The Morgan fingerprint density at radius 2 is 1.83 bits per heavy atom. The first-order valence-corrected chi connectivity index (χ1v) is 12.2. The minimum absolute atomic E-state index is 0.673. The fourth-order valence-electron chi connectivity index (χ4n) is 5.12. The van der Waals surface area contributed by atoms with E-state index >= 15 is 0 Å². The molecule has 1 fully saturated rings. The van der Waals surface area contributed by atoms with E-state index in [4.69, 9.17) is 0 Å². The Morgan fingerprint density at radius 3 is 2.69 bits per heavy atom. The van der Waals surface area contributed by atoms with E-state index in [1.165, 1.54) is 18.4 Å². The van der Waals surface area contributed by atoms with Crippen molar-refractivity contribution in [2.45, 2.75) is 26.3 Å². The van der Waals surface area contributed by atoms with Gasteiger partial charge in [-0.1, -0.05) is 0 Å². The number of imidazole rings is 1. The molecular weight excluding hydrogens is 450 g/mol. The molecule has 1 aliphatic heterocycles.